The lowest BCUT2D eigenvalue weighted by molar-refractivity contribution is -0.535. The summed E-state index contributed by atoms with van der Waals surface area (Å²) in [4.78, 5) is 10.4. The van der Waals surface area contributed by atoms with E-state index < -0.39 is 0 Å². The van der Waals surface area contributed by atoms with Crippen molar-refractivity contribution in [1.29, 1.82) is 0 Å². The Bertz CT molecular complexity index is 147. The van der Waals surface area contributed by atoms with Crippen molar-refractivity contribution in [3.8, 4) is 0 Å². The molecule has 1 saturated carbocycles. The quantitative estimate of drug-likeness (QED) is 0.453. The molecular weight excluding hydrogens is 142 g/mol. The van der Waals surface area contributed by atoms with Gasteiger partial charge in [0.2, 0.25) is 6.04 Å². The van der Waals surface area contributed by atoms with Gasteiger partial charge in [0.15, 0.2) is 0 Å². The molecule has 0 amide bonds. The molecule has 3 heteroatoms. The Morgan fingerprint density at radius 1 is 1.45 bits per heavy atom. The van der Waals surface area contributed by atoms with Gasteiger partial charge in [0.25, 0.3) is 0 Å². The molecule has 1 aliphatic rings. The van der Waals surface area contributed by atoms with Crippen LogP contribution in [-0.2, 0) is 0 Å². The number of hydrogen-bond acceptors (Lipinski definition) is 2. The minimum Gasteiger partial charge on any atom is -0.264 e. The molecule has 0 aromatic heterocycles. The van der Waals surface area contributed by atoms with Crippen molar-refractivity contribution in [2.24, 2.45) is 5.92 Å². The third-order valence-corrected chi connectivity index (χ3v) is 2.51. The summed E-state index contributed by atoms with van der Waals surface area (Å²) in [6, 6.07) is -0.304. The third kappa shape index (κ3) is 1.91. The molecule has 2 unspecified atom stereocenters. The maximum atomic E-state index is 10.5. The molecule has 0 bridgehead atoms. The molecule has 0 aromatic rings. The zero-order chi connectivity index (χ0) is 8.27. The first-order chi connectivity index (χ1) is 5.25. The topological polar surface area (TPSA) is 43.1 Å². The average Bonchev–Trinajstić information content (AvgIpc) is 2.04. The lowest BCUT2D eigenvalue weighted by Crippen LogP contribution is -2.31. The Hall–Kier alpha value is -0.600. The molecule has 1 aliphatic carbocycles. The molecule has 0 spiro atoms. The zero-order valence-corrected chi connectivity index (χ0v) is 6.66. The normalized spacial score (nSPS) is 31.7. The molecule has 2 atom stereocenters. The average molecular weight is 156 g/mol. The van der Waals surface area contributed by atoms with Crippen LogP contribution in [0.3, 0.4) is 0 Å². The van der Waals surface area contributed by atoms with Gasteiger partial charge >= 0.3 is 0 Å². The summed E-state index contributed by atoms with van der Waals surface area (Å²) >= 11 is 0. The van der Waals surface area contributed by atoms with Crippen LogP contribution in [0.1, 0.15) is 32.1 Å². The minimum absolute atomic E-state index is 0.130. The Balaban J connectivity index is 2.51. The van der Waals surface area contributed by atoms with Gasteiger partial charge < -0.3 is 0 Å². The van der Waals surface area contributed by atoms with Crippen molar-refractivity contribution in [3.05, 3.63) is 17.0 Å². The van der Waals surface area contributed by atoms with Crippen molar-refractivity contribution >= 4 is 0 Å². The molecule has 0 aromatic carbocycles. The molecule has 11 heavy (non-hydrogen) atoms. The Morgan fingerprint density at radius 3 is 2.55 bits per heavy atom. The predicted molar refractivity (Wildman–Crippen MR) is 42.7 cm³/mol. The van der Waals surface area contributed by atoms with Crippen molar-refractivity contribution < 1.29 is 4.92 Å². The van der Waals surface area contributed by atoms with Crippen LogP contribution in [0.2, 0.25) is 0 Å². The minimum atomic E-state index is -0.304. The molecular formula is C8H14NO2. The lowest BCUT2D eigenvalue weighted by Gasteiger charge is -2.23. The maximum Gasteiger partial charge on any atom is 0.215 e. The number of hydrogen-bond donors (Lipinski definition) is 0. The largest absolute Gasteiger partial charge is 0.264 e. The van der Waals surface area contributed by atoms with Crippen molar-refractivity contribution in [2.75, 3.05) is 0 Å². The number of rotatable bonds is 2. The summed E-state index contributed by atoms with van der Waals surface area (Å²) < 4.78 is 0. The second kappa shape index (κ2) is 3.69. The van der Waals surface area contributed by atoms with Crippen LogP contribution in [0.25, 0.3) is 0 Å². The SMILES string of the molecule is [CH2]CC1CCCCC1[N+](=O)[O-]. The van der Waals surface area contributed by atoms with Crippen LogP contribution in [0, 0.1) is 23.0 Å². The van der Waals surface area contributed by atoms with E-state index in [1.807, 2.05) is 0 Å². The van der Waals surface area contributed by atoms with E-state index in [9.17, 15) is 10.1 Å². The summed E-state index contributed by atoms with van der Waals surface area (Å²) in [5.74, 6) is 0.235. The predicted octanol–water partition coefficient (Wildman–Crippen LogP) is 2.05. The highest BCUT2D eigenvalue weighted by atomic mass is 16.6. The maximum absolute atomic E-state index is 10.5. The highest BCUT2D eigenvalue weighted by Crippen LogP contribution is 2.28. The molecule has 3 nitrogen and oxygen atoms in total. The highest BCUT2D eigenvalue weighted by molar-refractivity contribution is 4.75. The second-order valence-electron chi connectivity index (χ2n) is 3.19. The Morgan fingerprint density at radius 2 is 2.09 bits per heavy atom. The Labute approximate surface area is 66.9 Å². The molecule has 1 rings (SSSR count). The fourth-order valence-electron chi connectivity index (χ4n) is 1.80. The summed E-state index contributed by atoms with van der Waals surface area (Å²) in [6.07, 6.45) is 4.63. The van der Waals surface area contributed by atoms with Crippen LogP contribution in [0.15, 0.2) is 0 Å². The first kappa shape index (κ1) is 8.50. The Kier molecular flexibility index (Phi) is 2.85. The van der Waals surface area contributed by atoms with Gasteiger partial charge in [-0.05, 0) is 19.3 Å². The van der Waals surface area contributed by atoms with Gasteiger partial charge in [0, 0.05) is 17.3 Å². The molecule has 1 fully saturated rings. The first-order valence-corrected chi connectivity index (χ1v) is 4.18. The van der Waals surface area contributed by atoms with Gasteiger partial charge in [-0.1, -0.05) is 13.3 Å². The third-order valence-electron chi connectivity index (χ3n) is 2.51. The van der Waals surface area contributed by atoms with E-state index in [1.165, 1.54) is 0 Å². The molecule has 63 valence electrons. The lowest BCUT2D eigenvalue weighted by atomic mass is 9.83. The summed E-state index contributed by atoms with van der Waals surface area (Å²) in [6.45, 7) is 3.74. The smallest absolute Gasteiger partial charge is 0.215 e. The van der Waals surface area contributed by atoms with E-state index >= 15 is 0 Å². The molecule has 1 radical (unpaired) electrons. The first-order valence-electron chi connectivity index (χ1n) is 4.18. The van der Waals surface area contributed by atoms with E-state index in [-0.39, 0.29) is 16.9 Å². The zero-order valence-electron chi connectivity index (χ0n) is 6.66. The van der Waals surface area contributed by atoms with Crippen LogP contribution in [-0.4, -0.2) is 11.0 Å². The summed E-state index contributed by atoms with van der Waals surface area (Å²) in [5, 5.41) is 10.5. The number of nitrogens with zero attached hydrogens (tertiary/aromatic N) is 1. The fourth-order valence-corrected chi connectivity index (χ4v) is 1.80. The van der Waals surface area contributed by atoms with Crippen molar-refractivity contribution in [2.45, 2.75) is 38.1 Å². The molecule has 0 heterocycles. The van der Waals surface area contributed by atoms with Crippen molar-refractivity contribution in [3.63, 3.8) is 0 Å². The highest BCUT2D eigenvalue weighted by Gasteiger charge is 2.32. The van der Waals surface area contributed by atoms with E-state index in [4.69, 9.17) is 0 Å². The molecule has 0 N–H and O–H groups in total. The summed E-state index contributed by atoms with van der Waals surface area (Å²) in [5.41, 5.74) is 0. The molecule has 0 aliphatic heterocycles. The van der Waals surface area contributed by atoms with Crippen LogP contribution in [0.4, 0.5) is 0 Å². The van der Waals surface area contributed by atoms with Gasteiger partial charge in [0.05, 0.1) is 0 Å². The summed E-state index contributed by atoms with van der Waals surface area (Å²) in [7, 11) is 0. The molecule has 0 saturated heterocycles. The fraction of sp³-hybridized carbons (Fsp3) is 0.875. The van der Waals surface area contributed by atoms with Gasteiger partial charge in [-0.15, -0.1) is 0 Å². The number of nitro groups is 1. The second-order valence-corrected chi connectivity index (χ2v) is 3.19. The monoisotopic (exact) mass is 156 g/mol. The van der Waals surface area contributed by atoms with E-state index in [0.717, 1.165) is 25.7 Å². The van der Waals surface area contributed by atoms with Gasteiger partial charge in [-0.2, -0.15) is 0 Å². The van der Waals surface area contributed by atoms with Gasteiger partial charge in [-0.3, -0.25) is 10.1 Å². The standard InChI is InChI=1S/C8H14NO2/c1-2-7-5-3-4-6-8(7)9(10)11/h7-8H,1-6H2. The van der Waals surface area contributed by atoms with E-state index in [2.05, 4.69) is 6.92 Å². The van der Waals surface area contributed by atoms with Crippen LogP contribution >= 0.6 is 0 Å². The van der Waals surface area contributed by atoms with Gasteiger partial charge in [0.1, 0.15) is 0 Å². The van der Waals surface area contributed by atoms with E-state index in [1.54, 1.807) is 0 Å². The van der Waals surface area contributed by atoms with Crippen LogP contribution < -0.4 is 0 Å². The van der Waals surface area contributed by atoms with Crippen LogP contribution in [0.5, 0.6) is 0 Å². The van der Waals surface area contributed by atoms with E-state index in [0.29, 0.717) is 6.42 Å². The van der Waals surface area contributed by atoms with Crippen molar-refractivity contribution in [1.82, 2.24) is 0 Å². The van der Waals surface area contributed by atoms with Gasteiger partial charge in [-0.25, -0.2) is 0 Å².